The Balaban J connectivity index is 2.37. The van der Waals surface area contributed by atoms with Gasteiger partial charge in [0.2, 0.25) is 0 Å². The van der Waals surface area contributed by atoms with Crippen molar-refractivity contribution in [2.24, 2.45) is 11.7 Å². The fraction of sp³-hybridized carbons (Fsp3) is 1.00. The molecule has 1 rings (SSSR count). The van der Waals surface area contributed by atoms with Crippen LogP contribution in [0.25, 0.3) is 0 Å². The molecule has 1 fully saturated rings. The molecule has 0 spiro atoms. The first-order chi connectivity index (χ1) is 7.57. The molecule has 16 heavy (non-hydrogen) atoms. The number of hydrogen-bond donors (Lipinski definition) is 1. The van der Waals surface area contributed by atoms with Crippen molar-refractivity contribution in [1.29, 1.82) is 0 Å². The summed E-state index contributed by atoms with van der Waals surface area (Å²) < 4.78 is 0. The highest BCUT2D eigenvalue weighted by Gasteiger charge is 2.23. The van der Waals surface area contributed by atoms with Crippen molar-refractivity contribution in [3.8, 4) is 0 Å². The van der Waals surface area contributed by atoms with Crippen LogP contribution in [0.15, 0.2) is 0 Å². The summed E-state index contributed by atoms with van der Waals surface area (Å²) in [5.41, 5.74) is 6.35. The van der Waals surface area contributed by atoms with Crippen molar-refractivity contribution < 1.29 is 0 Å². The Bertz CT molecular complexity index is 189. The minimum Gasteiger partial charge on any atom is -0.324 e. The van der Waals surface area contributed by atoms with Crippen molar-refractivity contribution in [3.05, 3.63) is 0 Å². The molecule has 0 saturated carbocycles. The van der Waals surface area contributed by atoms with E-state index in [0.717, 1.165) is 18.9 Å². The van der Waals surface area contributed by atoms with Gasteiger partial charge in [0.15, 0.2) is 0 Å². The molecule has 2 nitrogen and oxygen atoms in total. The molecule has 0 aromatic heterocycles. The highest BCUT2D eigenvalue weighted by molar-refractivity contribution is 4.83. The molecule has 2 heteroatoms. The second-order valence-electron chi connectivity index (χ2n) is 5.89. The molecule has 1 aliphatic rings. The van der Waals surface area contributed by atoms with Gasteiger partial charge in [0.05, 0.1) is 0 Å². The van der Waals surface area contributed by atoms with E-state index in [2.05, 4.69) is 25.7 Å². The van der Waals surface area contributed by atoms with E-state index < -0.39 is 0 Å². The molecule has 2 atom stereocenters. The lowest BCUT2D eigenvalue weighted by atomic mass is 9.96. The van der Waals surface area contributed by atoms with E-state index in [0.29, 0.717) is 0 Å². The minimum absolute atomic E-state index is 0.0147. The van der Waals surface area contributed by atoms with Gasteiger partial charge < -0.3 is 10.6 Å². The van der Waals surface area contributed by atoms with Gasteiger partial charge in [-0.1, -0.05) is 26.7 Å². The van der Waals surface area contributed by atoms with Crippen LogP contribution in [0.2, 0.25) is 0 Å². The topological polar surface area (TPSA) is 29.3 Å². The quantitative estimate of drug-likeness (QED) is 0.781. The van der Waals surface area contributed by atoms with Crippen LogP contribution in [0.3, 0.4) is 0 Å². The number of nitrogens with zero attached hydrogens (tertiary/aromatic N) is 1. The molecule has 0 amide bonds. The van der Waals surface area contributed by atoms with Gasteiger partial charge >= 0.3 is 0 Å². The first-order valence-electron chi connectivity index (χ1n) is 7.08. The predicted octanol–water partition coefficient (Wildman–Crippen LogP) is 3.02. The third-order valence-electron chi connectivity index (χ3n) is 3.92. The van der Waals surface area contributed by atoms with Gasteiger partial charge in [-0.15, -0.1) is 0 Å². The van der Waals surface area contributed by atoms with E-state index in [1.165, 1.54) is 45.2 Å². The number of likely N-dealkylation sites (tertiary alicyclic amines) is 1. The van der Waals surface area contributed by atoms with Gasteiger partial charge in [-0.25, -0.2) is 0 Å². The molecule has 1 aliphatic heterocycles. The maximum atomic E-state index is 6.33. The molecule has 96 valence electrons. The maximum Gasteiger partial charge on any atom is 0.0254 e. The number of hydrogen-bond acceptors (Lipinski definition) is 2. The summed E-state index contributed by atoms with van der Waals surface area (Å²) in [5.74, 6) is 0.959. The van der Waals surface area contributed by atoms with Gasteiger partial charge in [0.25, 0.3) is 0 Å². The van der Waals surface area contributed by atoms with Gasteiger partial charge in [0.1, 0.15) is 0 Å². The van der Waals surface area contributed by atoms with Gasteiger partial charge in [-0.2, -0.15) is 0 Å². The average Bonchev–Trinajstić information content (AvgIpc) is 2.42. The van der Waals surface area contributed by atoms with Crippen LogP contribution in [0.1, 0.15) is 59.3 Å². The SMILES string of the molecule is CCCC(C)(N)CN1CCCC(CC)CC1. The average molecular weight is 226 g/mol. The monoisotopic (exact) mass is 226 g/mol. The zero-order valence-corrected chi connectivity index (χ0v) is 11.5. The Kier molecular flexibility index (Phi) is 5.77. The van der Waals surface area contributed by atoms with Gasteiger partial charge in [-0.3, -0.25) is 0 Å². The molecule has 2 N–H and O–H groups in total. The molecule has 2 unspecified atom stereocenters. The van der Waals surface area contributed by atoms with Crippen LogP contribution < -0.4 is 5.73 Å². The zero-order chi connectivity index (χ0) is 12.0. The summed E-state index contributed by atoms with van der Waals surface area (Å²) in [6.07, 6.45) is 7.84. The summed E-state index contributed by atoms with van der Waals surface area (Å²) in [6, 6.07) is 0. The highest BCUT2D eigenvalue weighted by atomic mass is 15.1. The van der Waals surface area contributed by atoms with Crippen LogP contribution in [-0.4, -0.2) is 30.1 Å². The zero-order valence-electron chi connectivity index (χ0n) is 11.5. The van der Waals surface area contributed by atoms with E-state index in [-0.39, 0.29) is 5.54 Å². The molecular weight excluding hydrogens is 196 g/mol. The second kappa shape index (κ2) is 6.61. The molecule has 0 aromatic carbocycles. The Morgan fingerprint density at radius 2 is 2.00 bits per heavy atom. The Morgan fingerprint density at radius 1 is 1.25 bits per heavy atom. The fourth-order valence-corrected chi connectivity index (χ4v) is 2.95. The normalized spacial score (nSPS) is 27.4. The van der Waals surface area contributed by atoms with Crippen LogP contribution in [0, 0.1) is 5.92 Å². The van der Waals surface area contributed by atoms with E-state index in [1.54, 1.807) is 0 Å². The Morgan fingerprint density at radius 3 is 2.62 bits per heavy atom. The van der Waals surface area contributed by atoms with Crippen LogP contribution in [0.5, 0.6) is 0 Å². The van der Waals surface area contributed by atoms with Crippen molar-refractivity contribution in [2.45, 2.75) is 64.8 Å². The summed E-state index contributed by atoms with van der Waals surface area (Å²) in [7, 11) is 0. The third-order valence-corrected chi connectivity index (χ3v) is 3.92. The standard InChI is InChI=1S/C14H30N2/c1-4-9-14(3,15)12-16-10-6-7-13(5-2)8-11-16/h13H,4-12,15H2,1-3H3. The summed E-state index contributed by atoms with van der Waals surface area (Å²) in [5, 5.41) is 0. The predicted molar refractivity (Wildman–Crippen MR) is 71.6 cm³/mol. The molecular formula is C14H30N2. The first-order valence-corrected chi connectivity index (χ1v) is 7.08. The lowest BCUT2D eigenvalue weighted by molar-refractivity contribution is 0.213. The molecule has 0 bridgehead atoms. The summed E-state index contributed by atoms with van der Waals surface area (Å²) >= 11 is 0. The molecule has 1 saturated heterocycles. The lowest BCUT2D eigenvalue weighted by Gasteiger charge is -2.31. The number of rotatable bonds is 5. The summed E-state index contributed by atoms with van der Waals surface area (Å²) in [4.78, 5) is 2.59. The van der Waals surface area contributed by atoms with Gasteiger partial charge in [0, 0.05) is 12.1 Å². The van der Waals surface area contributed by atoms with Crippen molar-refractivity contribution in [1.82, 2.24) is 4.90 Å². The van der Waals surface area contributed by atoms with Crippen LogP contribution in [-0.2, 0) is 0 Å². The number of nitrogens with two attached hydrogens (primary N) is 1. The summed E-state index contributed by atoms with van der Waals surface area (Å²) in [6.45, 7) is 10.4. The van der Waals surface area contributed by atoms with Crippen molar-refractivity contribution >= 4 is 0 Å². The second-order valence-corrected chi connectivity index (χ2v) is 5.89. The Labute approximate surface area is 102 Å². The molecule has 0 aromatic rings. The third kappa shape index (κ3) is 4.84. The van der Waals surface area contributed by atoms with E-state index in [1.807, 2.05) is 0 Å². The lowest BCUT2D eigenvalue weighted by Crippen LogP contribution is -2.48. The van der Waals surface area contributed by atoms with Crippen LogP contribution in [0.4, 0.5) is 0 Å². The first kappa shape index (κ1) is 14.0. The fourth-order valence-electron chi connectivity index (χ4n) is 2.95. The minimum atomic E-state index is 0.0147. The largest absolute Gasteiger partial charge is 0.324 e. The Hall–Kier alpha value is -0.0800. The highest BCUT2D eigenvalue weighted by Crippen LogP contribution is 2.21. The van der Waals surface area contributed by atoms with Crippen LogP contribution >= 0.6 is 0 Å². The molecule has 0 radical (unpaired) electrons. The smallest absolute Gasteiger partial charge is 0.0254 e. The molecule has 0 aliphatic carbocycles. The van der Waals surface area contributed by atoms with E-state index in [4.69, 9.17) is 5.73 Å². The van der Waals surface area contributed by atoms with Crippen molar-refractivity contribution in [2.75, 3.05) is 19.6 Å². The van der Waals surface area contributed by atoms with Gasteiger partial charge in [-0.05, 0) is 51.6 Å². The van der Waals surface area contributed by atoms with Crippen molar-refractivity contribution in [3.63, 3.8) is 0 Å². The molecule has 1 heterocycles. The maximum absolute atomic E-state index is 6.33. The van der Waals surface area contributed by atoms with E-state index >= 15 is 0 Å². The van der Waals surface area contributed by atoms with E-state index in [9.17, 15) is 0 Å².